The second-order valence-corrected chi connectivity index (χ2v) is 16.9. The maximum atomic E-state index is 2.63. The molecule has 0 radical (unpaired) electrons. The minimum Gasteiger partial charge on any atom is -0.310 e. The molecule has 6 aromatic carbocycles. The zero-order valence-corrected chi connectivity index (χ0v) is 32.3. The van der Waals surface area contributed by atoms with E-state index in [2.05, 4.69) is 165 Å². The first-order valence-corrected chi connectivity index (χ1v) is 21.1. The largest absolute Gasteiger partial charge is 0.310 e. The Morgan fingerprint density at radius 1 is 0.500 bits per heavy atom. The molecular weight excluding hydrogens is 651 g/mol. The van der Waals surface area contributed by atoms with Crippen molar-refractivity contribution in [3.8, 4) is 33.4 Å². The SMILES string of the molecule is CCC1CC(CC)C2(c3ccccc3-c3c(N(c4cccc(-c5ccccc5)c4)c4ccc5c(c4)C4(CCCC4)c4ccccc4-5)cccc32)C(CC)C1. The fraction of sp³-hybridized carbons (Fsp3) is 0.321. The highest BCUT2D eigenvalue weighted by Gasteiger charge is 2.55. The number of nitrogens with zero attached hydrogens (tertiary/aromatic N) is 1. The lowest BCUT2D eigenvalue weighted by Crippen LogP contribution is -2.47. The first kappa shape index (κ1) is 33.7. The number of benzene rings is 6. The van der Waals surface area contributed by atoms with Gasteiger partial charge in [0, 0.05) is 27.8 Å². The summed E-state index contributed by atoms with van der Waals surface area (Å²) >= 11 is 0. The minimum absolute atomic E-state index is 0.0299. The first-order valence-electron chi connectivity index (χ1n) is 21.1. The van der Waals surface area contributed by atoms with Gasteiger partial charge in [-0.15, -0.1) is 0 Å². The summed E-state index contributed by atoms with van der Waals surface area (Å²) in [5, 5.41) is 0. The predicted molar refractivity (Wildman–Crippen MR) is 228 cm³/mol. The molecule has 0 aromatic heterocycles. The number of fused-ring (bicyclic) bond motifs is 10. The lowest BCUT2D eigenvalue weighted by molar-refractivity contribution is 0.0905. The van der Waals surface area contributed by atoms with Gasteiger partial charge in [0.1, 0.15) is 0 Å². The number of hydrogen-bond donors (Lipinski definition) is 0. The molecule has 0 saturated heterocycles. The molecule has 0 heterocycles. The lowest BCUT2D eigenvalue weighted by Gasteiger charge is -2.51. The van der Waals surface area contributed by atoms with Crippen LogP contribution in [-0.2, 0) is 10.8 Å². The van der Waals surface area contributed by atoms with E-state index in [9.17, 15) is 0 Å². The summed E-state index contributed by atoms with van der Waals surface area (Å²) in [6, 6.07) is 53.9. The Labute approximate surface area is 323 Å². The fourth-order valence-corrected chi connectivity index (χ4v) is 12.3. The summed E-state index contributed by atoms with van der Waals surface area (Å²) in [6.07, 6.45) is 11.4. The van der Waals surface area contributed by atoms with Crippen molar-refractivity contribution in [3.05, 3.63) is 162 Å². The normalized spacial score (nSPS) is 22.9. The molecule has 2 fully saturated rings. The first-order chi connectivity index (χ1) is 26.6. The Kier molecular flexibility index (Phi) is 8.20. The van der Waals surface area contributed by atoms with Crippen LogP contribution in [0, 0.1) is 17.8 Å². The van der Waals surface area contributed by atoms with Crippen LogP contribution in [0.5, 0.6) is 0 Å². The van der Waals surface area contributed by atoms with E-state index in [1.807, 2.05) is 0 Å². The number of hydrogen-bond acceptors (Lipinski definition) is 1. The molecule has 2 spiro atoms. The monoisotopic (exact) mass is 703 g/mol. The molecule has 1 nitrogen and oxygen atoms in total. The Balaban J connectivity index is 1.23. The Hall–Kier alpha value is -4.88. The van der Waals surface area contributed by atoms with Crippen LogP contribution in [-0.4, -0.2) is 0 Å². The molecule has 54 heavy (non-hydrogen) atoms. The smallest absolute Gasteiger partial charge is 0.0543 e. The van der Waals surface area contributed by atoms with Gasteiger partial charge in [-0.2, -0.15) is 0 Å². The van der Waals surface area contributed by atoms with E-state index < -0.39 is 0 Å². The van der Waals surface area contributed by atoms with Crippen molar-refractivity contribution in [1.82, 2.24) is 0 Å². The number of rotatable bonds is 7. The van der Waals surface area contributed by atoms with Gasteiger partial charge in [0.25, 0.3) is 0 Å². The second kappa shape index (κ2) is 13.2. The van der Waals surface area contributed by atoms with Gasteiger partial charge in [-0.05, 0) is 124 Å². The van der Waals surface area contributed by atoms with E-state index >= 15 is 0 Å². The van der Waals surface area contributed by atoms with Crippen molar-refractivity contribution in [2.24, 2.45) is 17.8 Å². The third-order valence-corrected chi connectivity index (χ3v) is 14.6. The van der Waals surface area contributed by atoms with E-state index in [4.69, 9.17) is 0 Å². The third-order valence-electron chi connectivity index (χ3n) is 14.6. The Bertz CT molecular complexity index is 2330. The highest BCUT2D eigenvalue weighted by molar-refractivity contribution is 5.96. The van der Waals surface area contributed by atoms with Crippen LogP contribution in [0.3, 0.4) is 0 Å². The summed E-state index contributed by atoms with van der Waals surface area (Å²) in [7, 11) is 0. The minimum atomic E-state index is 0.0299. The van der Waals surface area contributed by atoms with E-state index in [0.29, 0.717) is 11.8 Å². The van der Waals surface area contributed by atoms with Crippen LogP contribution in [0.4, 0.5) is 17.1 Å². The topological polar surface area (TPSA) is 3.24 Å². The quantitative estimate of drug-likeness (QED) is 0.160. The molecule has 0 amide bonds. The molecule has 2 atom stereocenters. The van der Waals surface area contributed by atoms with E-state index in [1.165, 1.54) is 114 Å². The number of anilines is 3. The van der Waals surface area contributed by atoms with Gasteiger partial charge in [-0.25, -0.2) is 0 Å². The van der Waals surface area contributed by atoms with Crippen LogP contribution in [0.15, 0.2) is 140 Å². The van der Waals surface area contributed by atoms with Crippen molar-refractivity contribution in [2.45, 2.75) is 89.4 Å². The molecule has 4 aliphatic carbocycles. The summed E-state index contributed by atoms with van der Waals surface area (Å²) in [4.78, 5) is 2.63. The average molecular weight is 704 g/mol. The van der Waals surface area contributed by atoms with Crippen LogP contribution in [0.25, 0.3) is 33.4 Å². The van der Waals surface area contributed by atoms with Gasteiger partial charge in [0.15, 0.2) is 0 Å². The molecule has 0 aliphatic heterocycles. The molecule has 0 N–H and O–H groups in total. The van der Waals surface area contributed by atoms with Crippen molar-refractivity contribution in [1.29, 1.82) is 0 Å². The summed E-state index contributed by atoms with van der Waals surface area (Å²) in [5.74, 6) is 2.05. The van der Waals surface area contributed by atoms with Crippen molar-refractivity contribution >= 4 is 17.1 Å². The average Bonchev–Trinajstić information content (AvgIpc) is 3.92. The van der Waals surface area contributed by atoms with E-state index in [1.54, 1.807) is 16.7 Å². The third kappa shape index (κ3) is 4.76. The molecule has 2 saturated carbocycles. The highest BCUT2D eigenvalue weighted by Crippen LogP contribution is 2.65. The lowest BCUT2D eigenvalue weighted by atomic mass is 9.52. The van der Waals surface area contributed by atoms with Crippen molar-refractivity contribution < 1.29 is 0 Å². The van der Waals surface area contributed by atoms with Gasteiger partial charge in [-0.1, -0.05) is 162 Å². The summed E-state index contributed by atoms with van der Waals surface area (Å²) in [6.45, 7) is 7.35. The molecule has 0 bridgehead atoms. The predicted octanol–water partition coefficient (Wildman–Crippen LogP) is 14.8. The van der Waals surface area contributed by atoms with Gasteiger partial charge in [0.05, 0.1) is 5.69 Å². The van der Waals surface area contributed by atoms with Gasteiger partial charge >= 0.3 is 0 Å². The van der Waals surface area contributed by atoms with Crippen molar-refractivity contribution in [3.63, 3.8) is 0 Å². The van der Waals surface area contributed by atoms with Gasteiger partial charge in [-0.3, -0.25) is 0 Å². The zero-order chi connectivity index (χ0) is 36.4. The Morgan fingerprint density at radius 3 is 1.85 bits per heavy atom. The van der Waals surface area contributed by atoms with Crippen LogP contribution >= 0.6 is 0 Å². The summed E-state index contributed by atoms with van der Waals surface area (Å²) in [5.41, 5.74) is 18.4. The van der Waals surface area contributed by atoms with Gasteiger partial charge < -0.3 is 4.90 Å². The molecular formula is C53H53N. The fourth-order valence-electron chi connectivity index (χ4n) is 12.3. The molecule has 4 aliphatic rings. The Morgan fingerprint density at radius 2 is 1.11 bits per heavy atom. The van der Waals surface area contributed by atoms with Crippen LogP contribution < -0.4 is 4.90 Å². The zero-order valence-electron chi connectivity index (χ0n) is 32.3. The molecule has 270 valence electrons. The second-order valence-electron chi connectivity index (χ2n) is 16.9. The van der Waals surface area contributed by atoms with E-state index in [0.717, 1.165) is 5.92 Å². The van der Waals surface area contributed by atoms with E-state index in [-0.39, 0.29) is 10.8 Å². The molecule has 2 unspecified atom stereocenters. The molecule has 6 aromatic rings. The maximum absolute atomic E-state index is 2.63. The standard InChI is InChI=1S/C53H53N/c1-4-36-32-39(5-2)53(40(6-3)33-36)47-25-13-11-23-45(47)51-48(53)26-17-27-50(51)54(41-21-16-20-38(34-41)37-18-8-7-9-19-37)42-28-29-44-43-22-10-12-24-46(43)52(49(44)35-42)30-14-15-31-52/h7-13,16-29,34-36,39-40H,4-6,14-15,30-33H2,1-3H3. The van der Waals surface area contributed by atoms with Gasteiger partial charge in [0.2, 0.25) is 0 Å². The molecule has 10 rings (SSSR count). The highest BCUT2D eigenvalue weighted by atomic mass is 15.1. The summed E-state index contributed by atoms with van der Waals surface area (Å²) < 4.78 is 0. The maximum Gasteiger partial charge on any atom is 0.0543 e. The van der Waals surface area contributed by atoms with Crippen molar-refractivity contribution in [2.75, 3.05) is 4.90 Å². The van der Waals surface area contributed by atoms with Crippen LogP contribution in [0.1, 0.15) is 101 Å². The van der Waals surface area contributed by atoms with Crippen LogP contribution in [0.2, 0.25) is 0 Å². The molecule has 1 heteroatoms.